The Morgan fingerprint density at radius 1 is 1.00 bits per heavy atom. The van der Waals surface area contributed by atoms with E-state index in [0.717, 1.165) is 16.9 Å². The van der Waals surface area contributed by atoms with Gasteiger partial charge in [0, 0.05) is 0 Å². The van der Waals surface area contributed by atoms with Crippen LogP contribution in [-0.4, -0.2) is 22.3 Å². The minimum Gasteiger partial charge on any atom is -0.489 e. The molecule has 136 valence electrons. The van der Waals surface area contributed by atoms with Gasteiger partial charge in [0.1, 0.15) is 12.4 Å². The van der Waals surface area contributed by atoms with Gasteiger partial charge >= 0.3 is 5.97 Å². The third-order valence-electron chi connectivity index (χ3n) is 3.35. The molecule has 0 fully saturated rings. The van der Waals surface area contributed by atoms with Gasteiger partial charge in [-0.3, -0.25) is 4.79 Å². The number of aliphatic hydroxyl groups is 1. The Bertz CT molecular complexity index is 593. The quantitative estimate of drug-likeness (QED) is 0.742. The van der Waals surface area contributed by atoms with Crippen LogP contribution in [0.15, 0.2) is 54.6 Å². The van der Waals surface area contributed by atoms with E-state index in [1.165, 1.54) is 6.42 Å². The molecule has 0 aliphatic carbocycles. The van der Waals surface area contributed by atoms with E-state index < -0.39 is 12.1 Å². The first-order valence-corrected chi connectivity index (χ1v) is 8.70. The predicted octanol–water partition coefficient (Wildman–Crippen LogP) is 4.45. The zero-order chi connectivity index (χ0) is 18.5. The van der Waals surface area contributed by atoms with E-state index in [2.05, 4.69) is 13.8 Å². The van der Waals surface area contributed by atoms with Crippen LogP contribution < -0.4 is 4.74 Å². The lowest BCUT2D eigenvalue weighted by atomic mass is 10.1. The highest BCUT2D eigenvalue weighted by molar-refractivity contribution is 5.67. The molecule has 0 saturated carbocycles. The second-order valence-corrected chi connectivity index (χ2v) is 5.92. The van der Waals surface area contributed by atoms with Gasteiger partial charge in [0.25, 0.3) is 0 Å². The monoisotopic (exact) mass is 344 g/mol. The van der Waals surface area contributed by atoms with Crippen molar-refractivity contribution in [2.45, 2.75) is 52.2 Å². The lowest BCUT2D eigenvalue weighted by Gasteiger charge is -2.09. The van der Waals surface area contributed by atoms with Gasteiger partial charge in [0.2, 0.25) is 0 Å². The predicted molar refractivity (Wildman–Crippen MR) is 99.8 cm³/mol. The van der Waals surface area contributed by atoms with Gasteiger partial charge in [-0.25, -0.2) is 0 Å². The molecule has 2 rings (SSSR count). The SMILES string of the molecule is CCC.O=C(O)CC(O)CCc1ccc(OCc2ccccc2)cc1. The molecule has 4 nitrogen and oxygen atoms in total. The molecular formula is C21H28O4. The third kappa shape index (κ3) is 9.52. The molecular weight excluding hydrogens is 316 g/mol. The van der Waals surface area contributed by atoms with E-state index in [1.54, 1.807) is 0 Å². The first kappa shape index (κ1) is 20.7. The van der Waals surface area contributed by atoms with Crippen LogP contribution in [0.3, 0.4) is 0 Å². The van der Waals surface area contributed by atoms with Crippen molar-refractivity contribution in [3.63, 3.8) is 0 Å². The number of benzene rings is 2. The summed E-state index contributed by atoms with van der Waals surface area (Å²) in [6.07, 6.45) is 1.33. The van der Waals surface area contributed by atoms with Crippen molar-refractivity contribution in [2.75, 3.05) is 0 Å². The number of aliphatic carboxylic acids is 1. The molecule has 0 amide bonds. The van der Waals surface area contributed by atoms with Crippen LogP contribution in [0.4, 0.5) is 0 Å². The molecule has 2 aromatic carbocycles. The molecule has 25 heavy (non-hydrogen) atoms. The summed E-state index contributed by atoms with van der Waals surface area (Å²) in [6.45, 7) is 4.78. The fourth-order valence-corrected chi connectivity index (χ4v) is 2.13. The van der Waals surface area contributed by atoms with Gasteiger partial charge in [-0.05, 0) is 36.1 Å². The molecule has 0 spiro atoms. The Labute approximate surface area is 150 Å². The van der Waals surface area contributed by atoms with Crippen LogP contribution in [-0.2, 0) is 17.8 Å². The van der Waals surface area contributed by atoms with Crippen molar-refractivity contribution in [3.8, 4) is 5.75 Å². The molecule has 0 radical (unpaired) electrons. The smallest absolute Gasteiger partial charge is 0.305 e. The number of aliphatic hydroxyl groups excluding tert-OH is 1. The second-order valence-electron chi connectivity index (χ2n) is 5.92. The number of aryl methyl sites for hydroxylation is 1. The number of carbonyl (C=O) groups is 1. The van der Waals surface area contributed by atoms with Crippen molar-refractivity contribution in [2.24, 2.45) is 0 Å². The largest absolute Gasteiger partial charge is 0.489 e. The Balaban J connectivity index is 0.000000970. The van der Waals surface area contributed by atoms with Crippen molar-refractivity contribution >= 4 is 5.97 Å². The van der Waals surface area contributed by atoms with Crippen LogP contribution in [0.5, 0.6) is 5.75 Å². The normalized spacial score (nSPS) is 11.2. The van der Waals surface area contributed by atoms with E-state index >= 15 is 0 Å². The maximum Gasteiger partial charge on any atom is 0.305 e. The maximum atomic E-state index is 10.5. The summed E-state index contributed by atoms with van der Waals surface area (Å²) in [4.78, 5) is 10.5. The second kappa shape index (κ2) is 12.1. The minimum absolute atomic E-state index is 0.210. The summed E-state index contributed by atoms with van der Waals surface area (Å²) in [7, 11) is 0. The fourth-order valence-electron chi connectivity index (χ4n) is 2.13. The van der Waals surface area contributed by atoms with Crippen molar-refractivity contribution < 1.29 is 19.7 Å². The number of ether oxygens (including phenoxy) is 1. The van der Waals surface area contributed by atoms with E-state index in [4.69, 9.17) is 9.84 Å². The molecule has 1 unspecified atom stereocenters. The molecule has 2 N–H and O–H groups in total. The van der Waals surface area contributed by atoms with Crippen LogP contribution in [0, 0.1) is 0 Å². The number of hydrogen-bond donors (Lipinski definition) is 2. The molecule has 0 saturated heterocycles. The van der Waals surface area contributed by atoms with Gasteiger partial charge in [0.05, 0.1) is 12.5 Å². The highest BCUT2D eigenvalue weighted by atomic mass is 16.5. The summed E-state index contributed by atoms with van der Waals surface area (Å²) in [5.74, 6) is -0.184. The van der Waals surface area contributed by atoms with Crippen molar-refractivity contribution in [1.82, 2.24) is 0 Å². The van der Waals surface area contributed by atoms with Gasteiger partial charge in [-0.15, -0.1) is 0 Å². The zero-order valence-electron chi connectivity index (χ0n) is 15.0. The van der Waals surface area contributed by atoms with Crippen LogP contribution in [0.1, 0.15) is 44.2 Å². The Morgan fingerprint density at radius 3 is 2.16 bits per heavy atom. The Hall–Kier alpha value is -2.33. The number of hydrogen-bond acceptors (Lipinski definition) is 3. The number of carboxylic acids is 1. The summed E-state index contributed by atoms with van der Waals surface area (Å²) in [5.41, 5.74) is 2.17. The van der Waals surface area contributed by atoms with Crippen LogP contribution >= 0.6 is 0 Å². The van der Waals surface area contributed by atoms with E-state index in [9.17, 15) is 9.90 Å². The molecule has 0 bridgehead atoms. The Kier molecular flexibility index (Phi) is 10.0. The molecule has 1 atom stereocenters. The standard InChI is InChI=1S/C18H20O4.C3H8/c19-16(12-18(20)21)9-6-14-7-10-17(11-8-14)22-13-15-4-2-1-3-5-15;1-3-2/h1-5,7-8,10-11,16,19H,6,9,12-13H2,(H,20,21);3H2,1-2H3. The lowest BCUT2D eigenvalue weighted by molar-refractivity contribution is -0.139. The molecule has 0 aromatic heterocycles. The average Bonchev–Trinajstić information content (AvgIpc) is 2.60. The summed E-state index contributed by atoms with van der Waals surface area (Å²) in [5, 5.41) is 18.1. The zero-order valence-corrected chi connectivity index (χ0v) is 15.0. The highest BCUT2D eigenvalue weighted by Gasteiger charge is 2.09. The third-order valence-corrected chi connectivity index (χ3v) is 3.35. The summed E-state index contributed by atoms with van der Waals surface area (Å²) in [6, 6.07) is 17.6. The fraction of sp³-hybridized carbons (Fsp3) is 0.381. The highest BCUT2D eigenvalue weighted by Crippen LogP contribution is 2.16. The van der Waals surface area contributed by atoms with Gasteiger partial charge < -0.3 is 14.9 Å². The summed E-state index contributed by atoms with van der Waals surface area (Å²) < 4.78 is 5.70. The van der Waals surface area contributed by atoms with Gasteiger partial charge in [0.15, 0.2) is 0 Å². The minimum atomic E-state index is -0.975. The lowest BCUT2D eigenvalue weighted by Crippen LogP contribution is -2.13. The average molecular weight is 344 g/mol. The first-order valence-electron chi connectivity index (χ1n) is 8.70. The molecule has 0 aliphatic heterocycles. The Morgan fingerprint density at radius 2 is 1.60 bits per heavy atom. The molecule has 2 aromatic rings. The van der Waals surface area contributed by atoms with E-state index in [-0.39, 0.29) is 6.42 Å². The van der Waals surface area contributed by atoms with Gasteiger partial charge in [-0.1, -0.05) is 62.7 Å². The van der Waals surface area contributed by atoms with Crippen LogP contribution in [0.25, 0.3) is 0 Å². The molecule has 0 aliphatic rings. The van der Waals surface area contributed by atoms with Crippen LogP contribution in [0.2, 0.25) is 0 Å². The van der Waals surface area contributed by atoms with Crippen molar-refractivity contribution in [1.29, 1.82) is 0 Å². The van der Waals surface area contributed by atoms with Gasteiger partial charge in [-0.2, -0.15) is 0 Å². The number of carboxylic acid groups (broad SMARTS) is 1. The first-order chi connectivity index (χ1) is 12.0. The maximum absolute atomic E-state index is 10.5. The topological polar surface area (TPSA) is 66.8 Å². The summed E-state index contributed by atoms with van der Waals surface area (Å²) >= 11 is 0. The van der Waals surface area contributed by atoms with E-state index in [1.807, 2.05) is 54.6 Å². The molecule has 4 heteroatoms. The van der Waals surface area contributed by atoms with E-state index in [0.29, 0.717) is 19.4 Å². The number of rotatable bonds is 8. The van der Waals surface area contributed by atoms with Crippen molar-refractivity contribution in [3.05, 3.63) is 65.7 Å². The molecule has 0 heterocycles.